The highest BCUT2D eigenvalue weighted by molar-refractivity contribution is 7.90. The second kappa shape index (κ2) is 16.3. The number of aromatic nitrogens is 4. The number of anilines is 5. The van der Waals surface area contributed by atoms with Gasteiger partial charge in [0.2, 0.25) is 0 Å². The molecular weight excluding hydrogens is 715 g/mol. The fraction of sp³-hybridized carbons (Fsp3) is 0.190. The highest BCUT2D eigenvalue weighted by atomic mass is 32.2. The predicted molar refractivity (Wildman–Crippen MR) is 219 cm³/mol. The van der Waals surface area contributed by atoms with E-state index in [4.69, 9.17) is 19.9 Å². The van der Waals surface area contributed by atoms with Crippen LogP contribution in [0, 0.1) is 13.8 Å². The summed E-state index contributed by atoms with van der Waals surface area (Å²) in [5.41, 5.74) is 10.9. The fourth-order valence-corrected chi connectivity index (χ4v) is 7.39. The summed E-state index contributed by atoms with van der Waals surface area (Å²) in [5, 5.41) is 1.71. The van der Waals surface area contributed by atoms with Crippen molar-refractivity contribution in [2.24, 2.45) is 0 Å². The van der Waals surface area contributed by atoms with Crippen LogP contribution in [0.15, 0.2) is 114 Å². The molecule has 5 aromatic carbocycles. The standard InChI is InChI=1S/C25H25N3O4S.C17H18N4O/c1-17-26-24-14-5-18(16-33(29,30)22-12-10-21(32-4)11-13-22)15-23(24)25(27-17)28(2)19-6-8-20(31-3)9-7-19;1-11-19-16-9-4-12(18)10-15(16)17(20-11)21(2)13-5-7-14(22-3)8-6-13/h5-15H,16H2,1-4H3;4-10H,18H2,1-3H3. The lowest BCUT2D eigenvalue weighted by molar-refractivity contribution is 0.414. The van der Waals surface area contributed by atoms with Crippen LogP contribution >= 0.6 is 0 Å². The fourth-order valence-electron chi connectivity index (χ4n) is 6.06. The maximum absolute atomic E-state index is 13.0. The van der Waals surface area contributed by atoms with E-state index in [-0.39, 0.29) is 10.6 Å². The van der Waals surface area contributed by atoms with E-state index in [0.717, 1.165) is 56.3 Å². The van der Waals surface area contributed by atoms with Crippen LogP contribution in [0.4, 0.5) is 28.7 Å². The van der Waals surface area contributed by atoms with Crippen LogP contribution in [0.3, 0.4) is 0 Å². The molecule has 12 nitrogen and oxygen atoms in total. The first-order valence-electron chi connectivity index (χ1n) is 17.3. The summed E-state index contributed by atoms with van der Waals surface area (Å²) in [5.74, 6) is 4.97. The van der Waals surface area contributed by atoms with Gasteiger partial charge in [0.1, 0.15) is 40.5 Å². The van der Waals surface area contributed by atoms with Gasteiger partial charge in [0.05, 0.1) is 43.0 Å². The molecule has 0 saturated heterocycles. The molecule has 0 radical (unpaired) electrons. The monoisotopic (exact) mass is 757 g/mol. The summed E-state index contributed by atoms with van der Waals surface area (Å²) >= 11 is 0. The number of ether oxygens (including phenoxy) is 3. The van der Waals surface area contributed by atoms with Gasteiger partial charge in [0, 0.05) is 41.9 Å². The molecule has 55 heavy (non-hydrogen) atoms. The van der Waals surface area contributed by atoms with E-state index in [1.807, 2.05) is 117 Å². The van der Waals surface area contributed by atoms with Crippen molar-refractivity contribution in [2.45, 2.75) is 24.5 Å². The summed E-state index contributed by atoms with van der Waals surface area (Å²) < 4.78 is 41.6. The molecule has 0 atom stereocenters. The highest BCUT2D eigenvalue weighted by Gasteiger charge is 2.19. The van der Waals surface area contributed by atoms with Crippen molar-refractivity contribution in [1.82, 2.24) is 19.9 Å². The number of sulfone groups is 1. The minimum atomic E-state index is -3.53. The summed E-state index contributed by atoms with van der Waals surface area (Å²) in [6.45, 7) is 3.73. The molecule has 2 N–H and O–H groups in total. The van der Waals surface area contributed by atoms with E-state index < -0.39 is 9.84 Å². The van der Waals surface area contributed by atoms with E-state index in [2.05, 4.69) is 19.9 Å². The Kier molecular flexibility index (Phi) is 11.3. The second-order valence-corrected chi connectivity index (χ2v) is 14.8. The van der Waals surface area contributed by atoms with Gasteiger partial charge in [0.15, 0.2) is 9.84 Å². The zero-order valence-electron chi connectivity index (χ0n) is 31.8. The van der Waals surface area contributed by atoms with Gasteiger partial charge in [-0.25, -0.2) is 28.4 Å². The molecule has 0 aliphatic carbocycles. The van der Waals surface area contributed by atoms with Crippen molar-refractivity contribution in [2.75, 3.05) is 51.0 Å². The molecule has 282 valence electrons. The number of hydrogen-bond donors (Lipinski definition) is 1. The molecule has 0 spiro atoms. The molecule has 2 aromatic heterocycles. The normalized spacial score (nSPS) is 11.1. The molecule has 0 saturated carbocycles. The van der Waals surface area contributed by atoms with Crippen molar-refractivity contribution >= 4 is 60.3 Å². The van der Waals surface area contributed by atoms with E-state index >= 15 is 0 Å². The quantitative estimate of drug-likeness (QED) is 0.135. The third-order valence-corrected chi connectivity index (χ3v) is 10.7. The van der Waals surface area contributed by atoms with Gasteiger partial charge in [-0.2, -0.15) is 0 Å². The second-order valence-electron chi connectivity index (χ2n) is 12.8. The summed E-state index contributed by atoms with van der Waals surface area (Å²) in [7, 11) is 5.19. The van der Waals surface area contributed by atoms with E-state index in [9.17, 15) is 8.42 Å². The maximum atomic E-state index is 13.0. The first-order chi connectivity index (χ1) is 26.4. The molecule has 0 bridgehead atoms. The maximum Gasteiger partial charge on any atom is 0.182 e. The van der Waals surface area contributed by atoms with E-state index in [0.29, 0.717) is 28.6 Å². The Morgan fingerprint density at radius 1 is 0.564 bits per heavy atom. The van der Waals surface area contributed by atoms with Crippen LogP contribution in [0.25, 0.3) is 21.8 Å². The number of nitrogen functional groups attached to an aromatic ring is 1. The minimum absolute atomic E-state index is 0.130. The largest absolute Gasteiger partial charge is 0.497 e. The van der Waals surface area contributed by atoms with Gasteiger partial charge in [-0.05, 0) is 123 Å². The molecule has 0 amide bonds. The number of methoxy groups -OCH3 is 3. The molecule has 0 aliphatic rings. The number of fused-ring (bicyclic) bond motifs is 2. The molecule has 7 aromatic rings. The van der Waals surface area contributed by atoms with Crippen LogP contribution in [0.5, 0.6) is 17.2 Å². The van der Waals surface area contributed by atoms with Gasteiger partial charge in [-0.1, -0.05) is 6.07 Å². The molecule has 0 fully saturated rings. The lowest BCUT2D eigenvalue weighted by Gasteiger charge is -2.21. The van der Waals surface area contributed by atoms with Crippen molar-refractivity contribution in [3.8, 4) is 17.2 Å². The molecule has 0 unspecified atom stereocenters. The number of rotatable bonds is 10. The van der Waals surface area contributed by atoms with Gasteiger partial charge in [-0.15, -0.1) is 0 Å². The highest BCUT2D eigenvalue weighted by Crippen LogP contribution is 2.33. The van der Waals surface area contributed by atoms with Gasteiger partial charge >= 0.3 is 0 Å². The average molecular weight is 758 g/mol. The summed E-state index contributed by atoms with van der Waals surface area (Å²) in [6.07, 6.45) is 0. The third-order valence-electron chi connectivity index (χ3n) is 8.99. The van der Waals surface area contributed by atoms with Crippen LogP contribution in [0.2, 0.25) is 0 Å². The van der Waals surface area contributed by atoms with Crippen LogP contribution in [0.1, 0.15) is 17.2 Å². The van der Waals surface area contributed by atoms with Crippen LogP contribution in [-0.2, 0) is 15.6 Å². The number of nitrogens with two attached hydrogens (primary N) is 1. The van der Waals surface area contributed by atoms with E-state index in [1.165, 1.54) is 0 Å². The SMILES string of the molecule is COc1ccc(N(C)c2nc(C)nc3ccc(CS(=O)(=O)c4ccc(OC)cc4)cc23)cc1.COc1ccc(N(C)c2nc(C)nc3ccc(N)cc23)cc1. The summed E-state index contributed by atoms with van der Waals surface area (Å²) in [6, 6.07) is 33.1. The molecular formula is C42H43N7O5S. The zero-order valence-corrected chi connectivity index (χ0v) is 32.6. The van der Waals surface area contributed by atoms with Crippen molar-refractivity contribution in [3.05, 3.63) is 126 Å². The predicted octanol–water partition coefficient (Wildman–Crippen LogP) is 7.99. The Morgan fingerprint density at radius 2 is 0.982 bits per heavy atom. The van der Waals surface area contributed by atoms with Crippen molar-refractivity contribution < 1.29 is 22.6 Å². The van der Waals surface area contributed by atoms with Crippen LogP contribution < -0.4 is 29.7 Å². The smallest absolute Gasteiger partial charge is 0.182 e. The number of hydrogen-bond acceptors (Lipinski definition) is 12. The van der Waals surface area contributed by atoms with Gasteiger partial charge in [0.25, 0.3) is 0 Å². The third kappa shape index (κ3) is 8.68. The lowest BCUT2D eigenvalue weighted by Crippen LogP contribution is -2.13. The zero-order chi connectivity index (χ0) is 39.3. The first kappa shape index (κ1) is 38.3. The number of nitrogens with zero attached hydrogens (tertiary/aromatic N) is 6. The number of benzene rings is 5. The van der Waals surface area contributed by atoms with E-state index in [1.54, 1.807) is 51.7 Å². The van der Waals surface area contributed by atoms with Gasteiger partial charge < -0.3 is 29.7 Å². The summed E-state index contributed by atoms with van der Waals surface area (Å²) in [4.78, 5) is 22.5. The molecule has 0 aliphatic heterocycles. The van der Waals surface area contributed by atoms with Crippen molar-refractivity contribution in [3.63, 3.8) is 0 Å². The van der Waals surface area contributed by atoms with Gasteiger partial charge in [-0.3, -0.25) is 0 Å². The Balaban J connectivity index is 0.000000203. The topological polar surface area (TPSA) is 146 Å². The minimum Gasteiger partial charge on any atom is -0.497 e. The van der Waals surface area contributed by atoms with Crippen LogP contribution in [-0.4, -0.2) is 63.8 Å². The van der Waals surface area contributed by atoms with Crippen molar-refractivity contribution in [1.29, 1.82) is 0 Å². The first-order valence-corrected chi connectivity index (χ1v) is 19.0. The Morgan fingerprint density at radius 3 is 1.44 bits per heavy atom. The molecule has 2 heterocycles. The average Bonchev–Trinajstić information content (AvgIpc) is 3.20. The lowest BCUT2D eigenvalue weighted by atomic mass is 10.1. The molecule has 7 rings (SSSR count). The Bertz CT molecular complexity index is 2550. The Labute approximate surface area is 321 Å². The number of aryl methyl sites for hydroxylation is 2. The molecule has 13 heteroatoms. The Hall–Kier alpha value is -6.47.